The summed E-state index contributed by atoms with van der Waals surface area (Å²) in [6.07, 6.45) is -2.68. The molecule has 0 aliphatic carbocycles. The molecule has 0 radical (unpaired) electrons. The number of amides is 1. The third kappa shape index (κ3) is 2.62. The molecule has 1 amide bonds. The predicted octanol–water partition coefficient (Wildman–Crippen LogP) is 1.94. The van der Waals surface area contributed by atoms with Crippen molar-refractivity contribution in [1.82, 2.24) is 19.5 Å². The highest BCUT2D eigenvalue weighted by Crippen LogP contribution is 2.34. The van der Waals surface area contributed by atoms with Gasteiger partial charge >= 0.3 is 6.18 Å². The van der Waals surface area contributed by atoms with Crippen molar-refractivity contribution in [3.8, 4) is 11.6 Å². The van der Waals surface area contributed by atoms with E-state index in [-0.39, 0.29) is 22.5 Å². The zero-order valence-electron chi connectivity index (χ0n) is 12.2. The molecule has 0 fully saturated rings. The van der Waals surface area contributed by atoms with E-state index in [9.17, 15) is 18.0 Å². The van der Waals surface area contributed by atoms with Gasteiger partial charge in [-0.25, -0.2) is 15.0 Å². The molecule has 0 aliphatic rings. The van der Waals surface area contributed by atoms with Gasteiger partial charge in [-0.15, -0.1) is 0 Å². The van der Waals surface area contributed by atoms with Gasteiger partial charge in [0.05, 0.1) is 30.5 Å². The van der Waals surface area contributed by atoms with Crippen LogP contribution in [0.15, 0.2) is 30.6 Å². The SMILES string of the molecule is COc1ccc2c(c1)nc(C(F)(F)F)n2-c1cnc(C(N)=O)cn1. The Labute approximate surface area is 132 Å². The number of benzene rings is 1. The molecule has 7 nitrogen and oxygen atoms in total. The van der Waals surface area contributed by atoms with Gasteiger partial charge in [-0.2, -0.15) is 13.2 Å². The average molecular weight is 337 g/mol. The normalized spacial score (nSPS) is 11.7. The van der Waals surface area contributed by atoms with E-state index in [0.29, 0.717) is 5.75 Å². The lowest BCUT2D eigenvalue weighted by Crippen LogP contribution is -2.17. The minimum absolute atomic E-state index is 0.0856. The van der Waals surface area contributed by atoms with Gasteiger partial charge in [-0.1, -0.05) is 0 Å². The molecule has 0 bridgehead atoms. The number of carbonyl (C=O) groups is 1. The molecule has 0 spiro atoms. The molecule has 0 atom stereocenters. The molecule has 0 aliphatic heterocycles. The minimum Gasteiger partial charge on any atom is -0.497 e. The third-order valence-electron chi connectivity index (χ3n) is 3.23. The first-order valence-electron chi connectivity index (χ1n) is 6.57. The maximum absolute atomic E-state index is 13.3. The Morgan fingerprint density at radius 1 is 1.25 bits per heavy atom. The standard InChI is InChI=1S/C14H10F3N5O2/c1-24-7-2-3-10-8(4-7)21-13(14(15,16)17)22(10)11-6-19-9(5-20-11)12(18)23/h2-6H,1H3,(H2,18,23). The van der Waals surface area contributed by atoms with Crippen LogP contribution in [0.2, 0.25) is 0 Å². The van der Waals surface area contributed by atoms with E-state index < -0.39 is 17.9 Å². The number of rotatable bonds is 3. The maximum Gasteiger partial charge on any atom is 0.450 e. The van der Waals surface area contributed by atoms with Crippen LogP contribution in [0, 0.1) is 0 Å². The molecule has 0 saturated heterocycles. The topological polar surface area (TPSA) is 95.9 Å². The Morgan fingerprint density at radius 3 is 2.54 bits per heavy atom. The highest BCUT2D eigenvalue weighted by molar-refractivity contribution is 5.90. The first-order chi connectivity index (χ1) is 11.3. The van der Waals surface area contributed by atoms with Crippen LogP contribution in [0.1, 0.15) is 16.3 Å². The van der Waals surface area contributed by atoms with Gasteiger partial charge in [-0.05, 0) is 12.1 Å². The number of carbonyl (C=O) groups excluding carboxylic acids is 1. The zero-order valence-corrected chi connectivity index (χ0v) is 12.2. The molecule has 124 valence electrons. The van der Waals surface area contributed by atoms with Crippen molar-refractivity contribution >= 4 is 16.9 Å². The van der Waals surface area contributed by atoms with Gasteiger partial charge in [0.15, 0.2) is 5.82 Å². The van der Waals surface area contributed by atoms with Crippen molar-refractivity contribution in [2.24, 2.45) is 5.73 Å². The Balaban J connectivity index is 2.26. The fourth-order valence-electron chi connectivity index (χ4n) is 2.17. The van der Waals surface area contributed by atoms with Crippen LogP contribution >= 0.6 is 0 Å². The average Bonchev–Trinajstić information content (AvgIpc) is 2.93. The van der Waals surface area contributed by atoms with Gasteiger partial charge in [0.1, 0.15) is 11.4 Å². The number of fused-ring (bicyclic) bond motifs is 1. The number of methoxy groups -OCH3 is 1. The quantitative estimate of drug-likeness (QED) is 0.788. The fraction of sp³-hybridized carbons (Fsp3) is 0.143. The largest absolute Gasteiger partial charge is 0.497 e. The summed E-state index contributed by atoms with van der Waals surface area (Å²) in [6, 6.07) is 4.32. The number of hydrogen-bond donors (Lipinski definition) is 1. The molecule has 0 unspecified atom stereocenters. The third-order valence-corrected chi connectivity index (χ3v) is 3.23. The number of aromatic nitrogens is 4. The molecular formula is C14H10F3N5O2. The monoisotopic (exact) mass is 337 g/mol. The van der Waals surface area contributed by atoms with Crippen molar-refractivity contribution in [3.63, 3.8) is 0 Å². The van der Waals surface area contributed by atoms with E-state index in [0.717, 1.165) is 17.0 Å². The van der Waals surface area contributed by atoms with Crippen LogP contribution in [0.5, 0.6) is 5.75 Å². The molecule has 0 saturated carbocycles. The number of hydrogen-bond acceptors (Lipinski definition) is 5. The second kappa shape index (κ2) is 5.48. The Kier molecular flexibility index (Phi) is 3.59. The van der Waals surface area contributed by atoms with E-state index in [1.54, 1.807) is 0 Å². The lowest BCUT2D eigenvalue weighted by atomic mass is 10.3. The first kappa shape index (κ1) is 15.7. The summed E-state index contributed by atoms with van der Waals surface area (Å²) in [7, 11) is 1.40. The van der Waals surface area contributed by atoms with Crippen LogP contribution in [0.25, 0.3) is 16.9 Å². The zero-order chi connectivity index (χ0) is 17.5. The molecular weight excluding hydrogens is 327 g/mol. The molecule has 10 heteroatoms. The molecule has 24 heavy (non-hydrogen) atoms. The van der Waals surface area contributed by atoms with Crippen molar-refractivity contribution in [2.45, 2.75) is 6.18 Å². The van der Waals surface area contributed by atoms with Crippen LogP contribution in [-0.4, -0.2) is 32.5 Å². The van der Waals surface area contributed by atoms with E-state index in [1.165, 1.54) is 25.3 Å². The Morgan fingerprint density at radius 2 is 2.00 bits per heavy atom. The molecule has 2 heterocycles. The smallest absolute Gasteiger partial charge is 0.450 e. The van der Waals surface area contributed by atoms with E-state index in [4.69, 9.17) is 10.5 Å². The molecule has 2 aromatic heterocycles. The van der Waals surface area contributed by atoms with E-state index >= 15 is 0 Å². The van der Waals surface area contributed by atoms with Gasteiger partial charge in [0.2, 0.25) is 5.82 Å². The number of nitrogens with zero attached hydrogens (tertiary/aromatic N) is 4. The van der Waals surface area contributed by atoms with Crippen molar-refractivity contribution in [1.29, 1.82) is 0 Å². The fourth-order valence-corrected chi connectivity index (χ4v) is 2.17. The molecule has 3 aromatic rings. The summed E-state index contributed by atoms with van der Waals surface area (Å²) >= 11 is 0. The van der Waals surface area contributed by atoms with Crippen molar-refractivity contribution < 1.29 is 22.7 Å². The predicted molar refractivity (Wildman–Crippen MR) is 76.7 cm³/mol. The maximum atomic E-state index is 13.3. The van der Waals surface area contributed by atoms with E-state index in [1.807, 2.05) is 0 Å². The number of nitrogens with two attached hydrogens (primary N) is 1. The summed E-state index contributed by atoms with van der Waals surface area (Å²) in [6.45, 7) is 0. The van der Waals surface area contributed by atoms with Gasteiger partial charge in [-0.3, -0.25) is 9.36 Å². The first-order valence-corrected chi connectivity index (χ1v) is 6.57. The highest BCUT2D eigenvalue weighted by Gasteiger charge is 2.38. The van der Waals surface area contributed by atoms with Crippen LogP contribution in [0.3, 0.4) is 0 Å². The summed E-state index contributed by atoms with van der Waals surface area (Å²) < 4.78 is 45.8. The molecule has 2 N–H and O–H groups in total. The van der Waals surface area contributed by atoms with Crippen molar-refractivity contribution in [2.75, 3.05) is 7.11 Å². The van der Waals surface area contributed by atoms with Gasteiger partial charge in [0.25, 0.3) is 5.91 Å². The second-order valence-electron chi connectivity index (χ2n) is 4.75. The molecule has 3 rings (SSSR count). The summed E-state index contributed by atoms with van der Waals surface area (Å²) in [5.74, 6) is -1.76. The summed E-state index contributed by atoms with van der Waals surface area (Å²) in [5, 5.41) is 0. The minimum atomic E-state index is -4.71. The Bertz CT molecular complexity index is 919. The van der Waals surface area contributed by atoms with Crippen molar-refractivity contribution in [3.05, 3.63) is 42.1 Å². The Hall–Kier alpha value is -3.17. The number of halogens is 3. The number of ether oxygens (including phenoxy) is 1. The number of primary amides is 1. The van der Waals surface area contributed by atoms with Gasteiger partial charge < -0.3 is 10.5 Å². The van der Waals surface area contributed by atoms with Crippen LogP contribution in [0.4, 0.5) is 13.2 Å². The van der Waals surface area contributed by atoms with E-state index in [2.05, 4.69) is 15.0 Å². The summed E-state index contributed by atoms with van der Waals surface area (Å²) in [5.41, 5.74) is 5.15. The highest BCUT2D eigenvalue weighted by atomic mass is 19.4. The van der Waals surface area contributed by atoms with Crippen LogP contribution in [-0.2, 0) is 6.18 Å². The summed E-state index contributed by atoms with van der Waals surface area (Å²) in [4.78, 5) is 22.2. The lowest BCUT2D eigenvalue weighted by molar-refractivity contribution is -0.145. The number of imidazole rings is 1. The molecule has 1 aromatic carbocycles. The second-order valence-corrected chi connectivity index (χ2v) is 4.75. The lowest BCUT2D eigenvalue weighted by Gasteiger charge is -2.10. The number of alkyl halides is 3. The van der Waals surface area contributed by atoms with Crippen LogP contribution < -0.4 is 10.5 Å². The van der Waals surface area contributed by atoms with Gasteiger partial charge in [0, 0.05) is 6.07 Å².